The highest BCUT2D eigenvalue weighted by atomic mass is 19.3. The molecule has 1 amide bonds. The van der Waals surface area contributed by atoms with Gasteiger partial charge in [-0.1, -0.05) is 12.1 Å². The number of anilines is 1. The zero-order valence-corrected chi connectivity index (χ0v) is 21.5. The molecule has 1 aliphatic carbocycles. The molecule has 0 bridgehead atoms. The molecule has 0 atom stereocenters. The minimum atomic E-state index is -2.94. The van der Waals surface area contributed by atoms with Crippen molar-refractivity contribution in [3.8, 4) is 28.3 Å². The zero-order chi connectivity index (χ0) is 27.2. The highest BCUT2D eigenvalue weighted by Crippen LogP contribution is 2.50. The molecule has 0 unspecified atom stereocenters. The SMILES string of the molecule is COc1ccc(-c2nc(C)c(C(=O)Nc3cccc(C(F)(F)C4CC4)c3)n2O)cc1-c1c(C)cncc1C. The van der Waals surface area contributed by atoms with Crippen molar-refractivity contribution < 1.29 is 23.5 Å². The molecule has 1 fully saturated rings. The topological polar surface area (TPSA) is 89.3 Å². The van der Waals surface area contributed by atoms with Crippen molar-refractivity contribution >= 4 is 11.6 Å². The Morgan fingerprint density at radius 2 is 1.82 bits per heavy atom. The van der Waals surface area contributed by atoms with Crippen molar-refractivity contribution in [3.05, 3.63) is 82.9 Å². The van der Waals surface area contributed by atoms with Gasteiger partial charge in [-0.25, -0.2) is 13.8 Å². The van der Waals surface area contributed by atoms with E-state index in [-0.39, 0.29) is 28.5 Å². The molecule has 0 saturated heterocycles. The van der Waals surface area contributed by atoms with Crippen LogP contribution >= 0.6 is 0 Å². The lowest BCUT2D eigenvalue weighted by Crippen LogP contribution is -2.19. The number of nitrogens with zero attached hydrogens (tertiary/aromatic N) is 3. The first kappa shape index (κ1) is 25.4. The Morgan fingerprint density at radius 1 is 1.11 bits per heavy atom. The fourth-order valence-electron chi connectivity index (χ4n) is 4.81. The van der Waals surface area contributed by atoms with E-state index in [2.05, 4.69) is 15.3 Å². The second-order valence-electron chi connectivity index (χ2n) is 9.68. The largest absolute Gasteiger partial charge is 0.496 e. The van der Waals surface area contributed by atoms with Crippen molar-refractivity contribution in [1.29, 1.82) is 0 Å². The minimum absolute atomic E-state index is 0.0898. The first-order chi connectivity index (χ1) is 18.1. The molecular formula is C29H28F2N4O3. The number of amides is 1. The molecule has 4 aromatic rings. The average molecular weight is 519 g/mol. The smallest absolute Gasteiger partial charge is 0.277 e. The van der Waals surface area contributed by atoms with E-state index in [1.54, 1.807) is 38.6 Å². The number of halogens is 2. The normalized spacial score (nSPS) is 13.4. The average Bonchev–Trinajstić information content (AvgIpc) is 3.70. The van der Waals surface area contributed by atoms with Crippen LogP contribution in [0.2, 0.25) is 0 Å². The number of pyridine rings is 1. The van der Waals surface area contributed by atoms with Gasteiger partial charge in [-0.15, -0.1) is 0 Å². The molecule has 38 heavy (non-hydrogen) atoms. The van der Waals surface area contributed by atoms with Gasteiger partial charge in [0.05, 0.1) is 12.8 Å². The lowest BCUT2D eigenvalue weighted by molar-refractivity contribution is -0.0285. The fraction of sp³-hybridized carbons (Fsp3) is 0.276. The predicted octanol–water partition coefficient (Wildman–Crippen LogP) is 6.54. The number of imidazole rings is 1. The summed E-state index contributed by atoms with van der Waals surface area (Å²) in [5.41, 5.74) is 4.49. The summed E-state index contributed by atoms with van der Waals surface area (Å²) in [6.07, 6.45) is 4.51. The molecular weight excluding hydrogens is 490 g/mol. The number of ether oxygens (including phenoxy) is 1. The van der Waals surface area contributed by atoms with Gasteiger partial charge >= 0.3 is 0 Å². The van der Waals surface area contributed by atoms with Crippen molar-refractivity contribution in [2.75, 3.05) is 12.4 Å². The molecule has 2 aromatic heterocycles. The number of nitrogens with one attached hydrogen (secondary N) is 1. The first-order valence-electron chi connectivity index (χ1n) is 12.3. The Kier molecular flexibility index (Phi) is 6.38. The maximum absolute atomic E-state index is 14.6. The first-order valence-corrected chi connectivity index (χ1v) is 12.3. The van der Waals surface area contributed by atoms with Crippen molar-refractivity contribution in [2.45, 2.75) is 39.5 Å². The lowest BCUT2D eigenvalue weighted by atomic mass is 9.95. The summed E-state index contributed by atoms with van der Waals surface area (Å²) in [6, 6.07) is 11.0. The van der Waals surface area contributed by atoms with Crippen LogP contribution in [0.15, 0.2) is 54.9 Å². The standard InChI is InChI=1S/C29H28F2N4O3/c1-16-14-32-15-17(2)25(16)23-12-19(8-11-24(23)38-4)27-33-18(3)26(35(27)37)28(36)34-22-7-5-6-21(13-22)29(30,31)20-9-10-20/h5-8,11-15,20,37H,9-10H2,1-4H3,(H,34,36). The number of aryl methyl sites for hydroxylation is 3. The van der Waals surface area contributed by atoms with Gasteiger partial charge in [-0.2, -0.15) is 4.73 Å². The van der Waals surface area contributed by atoms with Crippen LogP contribution in [0, 0.1) is 26.7 Å². The predicted molar refractivity (Wildman–Crippen MR) is 140 cm³/mol. The summed E-state index contributed by atoms with van der Waals surface area (Å²) in [5.74, 6) is -3.47. The summed E-state index contributed by atoms with van der Waals surface area (Å²) in [4.78, 5) is 21.8. The summed E-state index contributed by atoms with van der Waals surface area (Å²) >= 11 is 0. The number of carbonyl (C=O) groups is 1. The molecule has 1 saturated carbocycles. The number of hydrogen-bond donors (Lipinski definition) is 2. The van der Waals surface area contributed by atoms with Crippen LogP contribution in [-0.4, -0.2) is 32.9 Å². The maximum atomic E-state index is 14.6. The summed E-state index contributed by atoms with van der Waals surface area (Å²) < 4.78 is 35.5. The number of benzene rings is 2. The van der Waals surface area contributed by atoms with Crippen molar-refractivity contribution in [1.82, 2.24) is 14.7 Å². The summed E-state index contributed by atoms with van der Waals surface area (Å²) in [5, 5.41) is 13.6. The molecule has 0 aliphatic heterocycles. The third-order valence-corrected chi connectivity index (χ3v) is 6.89. The van der Waals surface area contributed by atoms with Crippen LogP contribution in [-0.2, 0) is 5.92 Å². The monoisotopic (exact) mass is 518 g/mol. The Labute approximate surface area is 219 Å². The van der Waals surface area contributed by atoms with E-state index in [0.29, 0.717) is 24.2 Å². The van der Waals surface area contributed by atoms with Crippen LogP contribution in [0.25, 0.3) is 22.5 Å². The van der Waals surface area contributed by atoms with Gasteiger partial charge < -0.3 is 15.3 Å². The third kappa shape index (κ3) is 4.49. The number of aromatic nitrogens is 3. The van der Waals surface area contributed by atoms with Crippen LogP contribution in [0.1, 0.15) is 45.7 Å². The van der Waals surface area contributed by atoms with Crippen LogP contribution in [0.4, 0.5) is 14.5 Å². The van der Waals surface area contributed by atoms with E-state index in [9.17, 15) is 18.8 Å². The lowest BCUT2D eigenvalue weighted by Gasteiger charge is -2.17. The minimum Gasteiger partial charge on any atom is -0.496 e. The molecule has 2 heterocycles. The molecule has 0 radical (unpaired) electrons. The third-order valence-electron chi connectivity index (χ3n) is 6.89. The molecule has 2 N–H and O–H groups in total. The number of carbonyl (C=O) groups excluding carboxylic acids is 1. The molecule has 2 aromatic carbocycles. The van der Waals surface area contributed by atoms with Gasteiger partial charge in [0, 0.05) is 40.7 Å². The van der Waals surface area contributed by atoms with E-state index in [1.807, 2.05) is 19.9 Å². The Balaban J connectivity index is 1.48. The number of rotatable bonds is 7. The van der Waals surface area contributed by atoms with E-state index in [0.717, 1.165) is 27.0 Å². The van der Waals surface area contributed by atoms with Crippen molar-refractivity contribution in [3.63, 3.8) is 0 Å². The van der Waals surface area contributed by atoms with E-state index < -0.39 is 17.7 Å². The Hall–Kier alpha value is -4.27. The van der Waals surface area contributed by atoms with Crippen LogP contribution in [0.3, 0.4) is 0 Å². The molecule has 0 spiro atoms. The van der Waals surface area contributed by atoms with Crippen LogP contribution in [0.5, 0.6) is 5.75 Å². The molecule has 9 heteroatoms. The second kappa shape index (κ2) is 9.55. The van der Waals surface area contributed by atoms with Gasteiger partial charge in [0.2, 0.25) is 0 Å². The van der Waals surface area contributed by atoms with Gasteiger partial charge in [-0.05, 0) is 80.6 Å². The Morgan fingerprint density at radius 3 is 2.47 bits per heavy atom. The molecule has 196 valence electrons. The highest BCUT2D eigenvalue weighted by molar-refractivity contribution is 6.04. The van der Waals surface area contributed by atoms with Gasteiger partial charge in [-0.3, -0.25) is 9.78 Å². The number of methoxy groups -OCH3 is 1. The quantitative estimate of drug-likeness (QED) is 0.271. The Bertz CT molecular complexity index is 1520. The highest BCUT2D eigenvalue weighted by Gasteiger charge is 2.48. The second-order valence-corrected chi connectivity index (χ2v) is 9.68. The van der Waals surface area contributed by atoms with E-state index in [1.165, 1.54) is 24.3 Å². The van der Waals surface area contributed by atoms with Crippen molar-refractivity contribution in [2.24, 2.45) is 5.92 Å². The number of alkyl halides is 2. The number of hydrogen-bond acceptors (Lipinski definition) is 5. The van der Waals surface area contributed by atoms with E-state index >= 15 is 0 Å². The maximum Gasteiger partial charge on any atom is 0.277 e. The van der Waals surface area contributed by atoms with Gasteiger partial charge in [0.25, 0.3) is 11.8 Å². The summed E-state index contributed by atoms with van der Waals surface area (Å²) in [6.45, 7) is 5.51. The zero-order valence-electron chi connectivity index (χ0n) is 21.5. The fourth-order valence-corrected chi connectivity index (χ4v) is 4.81. The van der Waals surface area contributed by atoms with Gasteiger partial charge in [0.15, 0.2) is 11.5 Å². The summed E-state index contributed by atoms with van der Waals surface area (Å²) in [7, 11) is 1.58. The van der Waals surface area contributed by atoms with Crippen LogP contribution < -0.4 is 10.1 Å². The van der Waals surface area contributed by atoms with Gasteiger partial charge in [0.1, 0.15) is 5.75 Å². The molecule has 7 nitrogen and oxygen atoms in total. The molecule has 5 rings (SSSR count). The molecule has 1 aliphatic rings. The van der Waals surface area contributed by atoms with E-state index in [4.69, 9.17) is 4.74 Å².